The van der Waals surface area contributed by atoms with Gasteiger partial charge in [-0.3, -0.25) is 0 Å². The number of hydrogen-bond acceptors (Lipinski definition) is 3. The first-order chi connectivity index (χ1) is 8.67. The molecule has 1 unspecified atom stereocenters. The Labute approximate surface area is 119 Å². The number of furan rings is 1. The summed E-state index contributed by atoms with van der Waals surface area (Å²) in [6.07, 6.45) is 1.59. The Morgan fingerprint density at radius 3 is 2.50 bits per heavy atom. The molecule has 2 rings (SSSR count). The molecule has 3 nitrogen and oxygen atoms in total. The van der Waals surface area contributed by atoms with E-state index < -0.39 is 5.38 Å². The molecule has 0 fully saturated rings. The van der Waals surface area contributed by atoms with Crippen molar-refractivity contribution in [1.82, 2.24) is 0 Å². The van der Waals surface area contributed by atoms with Crippen LogP contribution in [-0.2, 0) is 0 Å². The van der Waals surface area contributed by atoms with Crippen molar-refractivity contribution in [2.75, 3.05) is 14.2 Å². The molecule has 0 radical (unpaired) electrons. The zero-order valence-corrected chi connectivity index (χ0v) is 12.3. The fraction of sp³-hybridized carbons (Fsp3) is 0.231. The summed E-state index contributed by atoms with van der Waals surface area (Å²) in [7, 11) is 3.20. The fourth-order valence-corrected chi connectivity index (χ4v) is 2.45. The molecule has 0 N–H and O–H groups in total. The zero-order valence-electron chi connectivity index (χ0n) is 9.94. The highest BCUT2D eigenvalue weighted by Gasteiger charge is 2.20. The Kier molecular flexibility index (Phi) is 4.19. The molecule has 0 spiro atoms. The summed E-state index contributed by atoms with van der Waals surface area (Å²) in [4.78, 5) is 0. The summed E-state index contributed by atoms with van der Waals surface area (Å²) >= 11 is 9.80. The van der Waals surface area contributed by atoms with Crippen LogP contribution in [-0.4, -0.2) is 14.2 Å². The Bertz CT molecular complexity index is 525. The number of hydrogen-bond donors (Lipinski definition) is 0. The second-order valence-electron chi connectivity index (χ2n) is 3.61. The van der Waals surface area contributed by atoms with Crippen molar-refractivity contribution in [1.29, 1.82) is 0 Å². The van der Waals surface area contributed by atoms with Gasteiger partial charge in [0.15, 0.2) is 0 Å². The lowest BCUT2D eigenvalue weighted by molar-refractivity contribution is 0.395. The average Bonchev–Trinajstić information content (AvgIpc) is 2.91. The number of halogens is 2. The molecule has 0 aliphatic heterocycles. The lowest BCUT2D eigenvalue weighted by atomic mass is 10.1. The maximum Gasteiger partial charge on any atom is 0.133 e. The monoisotopic (exact) mass is 330 g/mol. The van der Waals surface area contributed by atoms with Gasteiger partial charge in [0.2, 0.25) is 0 Å². The quantitative estimate of drug-likeness (QED) is 0.779. The molecular formula is C13H12BrClO3. The summed E-state index contributed by atoms with van der Waals surface area (Å²) < 4.78 is 16.7. The van der Waals surface area contributed by atoms with Crippen molar-refractivity contribution in [3.05, 3.63) is 46.3 Å². The van der Waals surface area contributed by atoms with Crippen LogP contribution in [0.2, 0.25) is 0 Å². The Morgan fingerprint density at radius 1 is 1.22 bits per heavy atom. The average molecular weight is 332 g/mol. The van der Waals surface area contributed by atoms with E-state index in [-0.39, 0.29) is 0 Å². The number of rotatable bonds is 4. The van der Waals surface area contributed by atoms with Crippen molar-refractivity contribution in [3.8, 4) is 11.5 Å². The smallest absolute Gasteiger partial charge is 0.133 e. The number of alkyl halides is 1. The Balaban J connectivity index is 2.48. The Hall–Kier alpha value is -1.13. The molecule has 0 bridgehead atoms. The molecule has 1 heterocycles. The highest BCUT2D eigenvalue weighted by molar-refractivity contribution is 9.10. The van der Waals surface area contributed by atoms with Gasteiger partial charge in [0.1, 0.15) is 22.6 Å². The third-order valence-corrected chi connectivity index (χ3v) is 3.64. The van der Waals surface area contributed by atoms with E-state index in [1.54, 1.807) is 26.5 Å². The minimum Gasteiger partial charge on any atom is -0.496 e. The van der Waals surface area contributed by atoms with Crippen LogP contribution in [0.25, 0.3) is 0 Å². The normalized spacial score (nSPS) is 12.2. The third kappa shape index (κ3) is 2.49. The van der Waals surface area contributed by atoms with Crippen LogP contribution in [0.4, 0.5) is 0 Å². The van der Waals surface area contributed by atoms with Gasteiger partial charge >= 0.3 is 0 Å². The van der Waals surface area contributed by atoms with Crippen LogP contribution in [0.15, 0.2) is 39.4 Å². The molecule has 0 saturated heterocycles. The summed E-state index contributed by atoms with van der Waals surface area (Å²) in [5.74, 6) is 2.04. The van der Waals surface area contributed by atoms with E-state index in [2.05, 4.69) is 15.9 Å². The van der Waals surface area contributed by atoms with Crippen LogP contribution >= 0.6 is 27.5 Å². The van der Waals surface area contributed by atoms with Crippen molar-refractivity contribution in [2.45, 2.75) is 5.38 Å². The molecular weight excluding hydrogens is 319 g/mol. The second-order valence-corrected chi connectivity index (χ2v) is 4.90. The maximum absolute atomic E-state index is 6.39. The van der Waals surface area contributed by atoms with Gasteiger partial charge in [-0.1, -0.05) is 0 Å². The second kappa shape index (κ2) is 5.67. The number of benzene rings is 1. The van der Waals surface area contributed by atoms with Crippen LogP contribution in [0.1, 0.15) is 16.7 Å². The first-order valence-corrected chi connectivity index (χ1v) is 6.49. The lowest BCUT2D eigenvalue weighted by Gasteiger charge is -2.15. The molecule has 0 amide bonds. The van der Waals surface area contributed by atoms with Crippen molar-refractivity contribution in [2.24, 2.45) is 0 Å². The minimum absolute atomic E-state index is 0.419. The minimum atomic E-state index is -0.419. The summed E-state index contributed by atoms with van der Waals surface area (Å²) in [6.45, 7) is 0. The summed E-state index contributed by atoms with van der Waals surface area (Å²) in [5, 5.41) is -0.419. The fourth-order valence-electron chi connectivity index (χ4n) is 1.67. The summed E-state index contributed by atoms with van der Waals surface area (Å²) in [6, 6.07) is 7.29. The van der Waals surface area contributed by atoms with Crippen LogP contribution < -0.4 is 9.47 Å². The predicted molar refractivity (Wildman–Crippen MR) is 73.7 cm³/mol. The van der Waals surface area contributed by atoms with E-state index in [1.165, 1.54) is 0 Å². The van der Waals surface area contributed by atoms with E-state index in [1.807, 2.05) is 18.2 Å². The van der Waals surface area contributed by atoms with E-state index in [0.717, 1.165) is 10.0 Å². The summed E-state index contributed by atoms with van der Waals surface area (Å²) in [5.41, 5.74) is 0.800. The highest BCUT2D eigenvalue weighted by atomic mass is 79.9. The number of ether oxygens (including phenoxy) is 2. The molecule has 0 aliphatic carbocycles. The molecule has 1 atom stereocenters. The molecule has 96 valence electrons. The Morgan fingerprint density at radius 2 is 1.94 bits per heavy atom. The van der Waals surface area contributed by atoms with E-state index in [0.29, 0.717) is 17.3 Å². The molecule has 0 aliphatic rings. The third-order valence-electron chi connectivity index (χ3n) is 2.57. The van der Waals surface area contributed by atoms with E-state index >= 15 is 0 Å². The van der Waals surface area contributed by atoms with Crippen LogP contribution in [0.3, 0.4) is 0 Å². The molecule has 18 heavy (non-hydrogen) atoms. The van der Waals surface area contributed by atoms with Gasteiger partial charge in [0.25, 0.3) is 0 Å². The van der Waals surface area contributed by atoms with Gasteiger partial charge in [-0.15, -0.1) is 11.6 Å². The SMILES string of the molecule is COc1cc(C(Cl)c2ccco2)c(OC)cc1Br. The van der Waals surface area contributed by atoms with Gasteiger partial charge in [0.05, 0.1) is 25.0 Å². The van der Waals surface area contributed by atoms with Crippen molar-refractivity contribution >= 4 is 27.5 Å². The lowest BCUT2D eigenvalue weighted by Crippen LogP contribution is -1.98. The van der Waals surface area contributed by atoms with E-state index in [4.69, 9.17) is 25.5 Å². The molecule has 2 aromatic rings. The first kappa shape index (κ1) is 13.3. The standard InChI is InChI=1S/C13H12BrClO3/c1-16-11-7-9(14)12(17-2)6-8(11)13(15)10-4-3-5-18-10/h3-7,13H,1-2H3. The van der Waals surface area contributed by atoms with Crippen molar-refractivity contribution < 1.29 is 13.9 Å². The van der Waals surface area contributed by atoms with Gasteiger partial charge in [-0.05, 0) is 40.2 Å². The molecule has 0 saturated carbocycles. The van der Waals surface area contributed by atoms with Crippen LogP contribution in [0, 0.1) is 0 Å². The van der Waals surface area contributed by atoms with Gasteiger partial charge in [-0.25, -0.2) is 0 Å². The van der Waals surface area contributed by atoms with Crippen molar-refractivity contribution in [3.63, 3.8) is 0 Å². The van der Waals surface area contributed by atoms with Gasteiger partial charge in [-0.2, -0.15) is 0 Å². The first-order valence-electron chi connectivity index (χ1n) is 5.26. The topological polar surface area (TPSA) is 31.6 Å². The molecule has 5 heteroatoms. The zero-order chi connectivity index (χ0) is 13.1. The van der Waals surface area contributed by atoms with Crippen LogP contribution in [0.5, 0.6) is 11.5 Å². The van der Waals surface area contributed by atoms with E-state index in [9.17, 15) is 0 Å². The highest BCUT2D eigenvalue weighted by Crippen LogP contribution is 2.40. The molecule has 1 aromatic carbocycles. The predicted octanol–water partition coefficient (Wildman–Crippen LogP) is 4.39. The molecule has 1 aromatic heterocycles. The largest absolute Gasteiger partial charge is 0.496 e. The number of methoxy groups -OCH3 is 2. The maximum atomic E-state index is 6.39. The van der Waals surface area contributed by atoms with Gasteiger partial charge in [0, 0.05) is 5.56 Å². The van der Waals surface area contributed by atoms with Gasteiger partial charge < -0.3 is 13.9 Å².